The number of unbranched alkanes of at least 4 members (excludes halogenated alkanes) is 1. The van der Waals surface area contributed by atoms with Crippen LogP contribution in [0.2, 0.25) is 0 Å². The molecule has 28 heavy (non-hydrogen) atoms. The van der Waals surface area contributed by atoms with Crippen LogP contribution in [0, 0.1) is 13.8 Å². The van der Waals surface area contributed by atoms with Crippen LogP contribution in [0.25, 0.3) is 0 Å². The molecule has 1 aliphatic heterocycles. The Morgan fingerprint density at radius 2 is 2.11 bits per heavy atom. The molecule has 6 nitrogen and oxygen atoms in total. The number of rotatable bonds is 7. The van der Waals surface area contributed by atoms with Crippen molar-refractivity contribution in [3.63, 3.8) is 0 Å². The lowest BCUT2D eigenvalue weighted by Gasteiger charge is -2.41. The molecule has 1 unspecified atom stereocenters. The summed E-state index contributed by atoms with van der Waals surface area (Å²) in [5.41, 5.74) is 2.05. The fraction of sp³-hybridized carbons (Fsp3) is 0.500. The summed E-state index contributed by atoms with van der Waals surface area (Å²) in [7, 11) is 0. The zero-order valence-electron chi connectivity index (χ0n) is 17.1. The quantitative estimate of drug-likeness (QED) is 0.738. The lowest BCUT2D eigenvalue weighted by atomic mass is 10.0. The second kappa shape index (κ2) is 9.04. The zero-order chi connectivity index (χ0) is 20.1. The Balaban J connectivity index is 1.72. The first-order chi connectivity index (χ1) is 13.5. The molecule has 150 valence electrons. The maximum absolute atomic E-state index is 12.9. The summed E-state index contributed by atoms with van der Waals surface area (Å²) in [4.78, 5) is 33.6. The molecule has 2 aromatic rings. The predicted molar refractivity (Wildman–Crippen MR) is 110 cm³/mol. The largest absolute Gasteiger partial charge is 0.335 e. The lowest BCUT2D eigenvalue weighted by molar-refractivity contribution is -0.140. The normalized spacial score (nSPS) is 17.2. The van der Waals surface area contributed by atoms with Crippen LogP contribution >= 0.6 is 0 Å². The van der Waals surface area contributed by atoms with Crippen molar-refractivity contribution in [2.24, 2.45) is 0 Å². The van der Waals surface area contributed by atoms with Crippen molar-refractivity contribution in [3.05, 3.63) is 48.0 Å². The molecule has 0 spiro atoms. The van der Waals surface area contributed by atoms with E-state index in [-0.39, 0.29) is 24.4 Å². The molecule has 2 heterocycles. The molecule has 1 aromatic heterocycles. The maximum atomic E-state index is 12.9. The van der Waals surface area contributed by atoms with Gasteiger partial charge in [0.2, 0.25) is 11.8 Å². The van der Waals surface area contributed by atoms with E-state index < -0.39 is 0 Å². The van der Waals surface area contributed by atoms with Crippen molar-refractivity contribution in [2.45, 2.75) is 59.0 Å². The molecule has 0 radical (unpaired) electrons. The van der Waals surface area contributed by atoms with E-state index in [1.165, 1.54) is 0 Å². The summed E-state index contributed by atoms with van der Waals surface area (Å²) >= 11 is 0. The van der Waals surface area contributed by atoms with E-state index in [0.717, 1.165) is 36.3 Å². The van der Waals surface area contributed by atoms with E-state index in [2.05, 4.69) is 11.9 Å². The number of amides is 2. The standard InChI is InChI=1S/C22H30N4O2/c1-4-5-8-20-15-25(19-9-6-7-17(2)14-19)22(28)16-26(20)21(27)10-12-24-13-11-23-18(24)3/h6-7,9,11,13-14,20H,4-5,8,10,12,15-16H2,1-3H3. The highest BCUT2D eigenvalue weighted by Gasteiger charge is 2.35. The number of benzene rings is 1. The average molecular weight is 383 g/mol. The maximum Gasteiger partial charge on any atom is 0.246 e. The third kappa shape index (κ3) is 4.61. The molecule has 2 amide bonds. The molecule has 0 saturated carbocycles. The van der Waals surface area contributed by atoms with Crippen LogP contribution in [0.3, 0.4) is 0 Å². The molecule has 0 aliphatic carbocycles. The van der Waals surface area contributed by atoms with Gasteiger partial charge in [0, 0.05) is 37.6 Å². The first kappa shape index (κ1) is 20.1. The molecule has 1 saturated heterocycles. The van der Waals surface area contributed by atoms with Crippen molar-refractivity contribution in [3.8, 4) is 0 Å². The van der Waals surface area contributed by atoms with Crippen LogP contribution in [0.1, 0.15) is 44.0 Å². The fourth-order valence-electron chi connectivity index (χ4n) is 3.79. The topological polar surface area (TPSA) is 58.4 Å². The van der Waals surface area contributed by atoms with Crippen molar-refractivity contribution >= 4 is 17.5 Å². The fourth-order valence-corrected chi connectivity index (χ4v) is 3.79. The van der Waals surface area contributed by atoms with Gasteiger partial charge in [0.05, 0.1) is 6.04 Å². The van der Waals surface area contributed by atoms with Gasteiger partial charge >= 0.3 is 0 Å². The molecule has 0 N–H and O–H groups in total. The van der Waals surface area contributed by atoms with E-state index in [1.807, 2.05) is 53.8 Å². The first-order valence-corrected chi connectivity index (χ1v) is 10.1. The monoisotopic (exact) mass is 382 g/mol. The molecule has 3 rings (SSSR count). The number of imidazole rings is 1. The van der Waals surface area contributed by atoms with Gasteiger partial charge < -0.3 is 14.4 Å². The van der Waals surface area contributed by atoms with Gasteiger partial charge in [-0.1, -0.05) is 31.9 Å². The minimum absolute atomic E-state index is 0.00879. The smallest absolute Gasteiger partial charge is 0.246 e. The zero-order valence-corrected chi connectivity index (χ0v) is 17.1. The van der Waals surface area contributed by atoms with Crippen LogP contribution < -0.4 is 4.90 Å². The predicted octanol–water partition coefficient (Wildman–Crippen LogP) is 3.32. The Kier molecular flexibility index (Phi) is 6.49. The third-order valence-corrected chi connectivity index (χ3v) is 5.46. The number of hydrogen-bond donors (Lipinski definition) is 0. The van der Waals surface area contributed by atoms with Gasteiger partial charge in [-0.2, -0.15) is 0 Å². The van der Waals surface area contributed by atoms with Crippen LogP contribution in [-0.2, 0) is 16.1 Å². The SMILES string of the molecule is CCCCC1CN(c2cccc(C)c2)C(=O)CN1C(=O)CCn1ccnc1C. The Bertz CT molecular complexity index is 829. The highest BCUT2D eigenvalue weighted by Crippen LogP contribution is 2.24. The van der Waals surface area contributed by atoms with Gasteiger partial charge in [0.1, 0.15) is 12.4 Å². The highest BCUT2D eigenvalue weighted by molar-refractivity contribution is 5.98. The molecule has 1 aromatic carbocycles. The van der Waals surface area contributed by atoms with E-state index in [9.17, 15) is 9.59 Å². The summed E-state index contributed by atoms with van der Waals surface area (Å²) in [5, 5.41) is 0. The Labute approximate surface area is 167 Å². The number of anilines is 1. The van der Waals surface area contributed by atoms with Crippen molar-refractivity contribution < 1.29 is 9.59 Å². The van der Waals surface area contributed by atoms with Gasteiger partial charge in [0.15, 0.2) is 0 Å². The summed E-state index contributed by atoms with van der Waals surface area (Å²) < 4.78 is 1.98. The minimum atomic E-state index is -0.00879. The Hall–Kier alpha value is -2.63. The molecule has 1 fully saturated rings. The Morgan fingerprint density at radius 1 is 1.29 bits per heavy atom. The minimum Gasteiger partial charge on any atom is -0.335 e. The molecule has 6 heteroatoms. The first-order valence-electron chi connectivity index (χ1n) is 10.1. The number of nitrogens with zero attached hydrogens (tertiary/aromatic N) is 4. The van der Waals surface area contributed by atoms with Crippen LogP contribution in [0.4, 0.5) is 5.69 Å². The van der Waals surface area contributed by atoms with Crippen molar-refractivity contribution in [1.29, 1.82) is 0 Å². The number of carbonyl (C=O) groups excluding carboxylic acids is 2. The number of carbonyl (C=O) groups is 2. The van der Waals surface area contributed by atoms with E-state index in [1.54, 1.807) is 11.1 Å². The second-order valence-corrected chi connectivity index (χ2v) is 7.58. The van der Waals surface area contributed by atoms with E-state index in [0.29, 0.717) is 19.5 Å². The summed E-state index contributed by atoms with van der Waals surface area (Å²) in [5.74, 6) is 0.938. The molecule has 0 bridgehead atoms. The number of piperazine rings is 1. The highest BCUT2D eigenvalue weighted by atomic mass is 16.2. The van der Waals surface area contributed by atoms with E-state index >= 15 is 0 Å². The summed E-state index contributed by atoms with van der Waals surface area (Å²) in [6.07, 6.45) is 7.06. The van der Waals surface area contributed by atoms with Crippen LogP contribution in [0.15, 0.2) is 36.7 Å². The van der Waals surface area contributed by atoms with E-state index in [4.69, 9.17) is 0 Å². The number of aromatic nitrogens is 2. The lowest BCUT2D eigenvalue weighted by Crippen LogP contribution is -2.58. The van der Waals surface area contributed by atoms with Gasteiger partial charge in [-0.3, -0.25) is 9.59 Å². The van der Waals surface area contributed by atoms with Gasteiger partial charge in [-0.25, -0.2) is 4.98 Å². The Morgan fingerprint density at radius 3 is 2.79 bits per heavy atom. The summed E-state index contributed by atoms with van der Waals surface area (Å²) in [6, 6.07) is 8.08. The average Bonchev–Trinajstić information content (AvgIpc) is 3.09. The third-order valence-electron chi connectivity index (χ3n) is 5.46. The van der Waals surface area contributed by atoms with Gasteiger partial charge in [0.25, 0.3) is 0 Å². The second-order valence-electron chi connectivity index (χ2n) is 7.58. The van der Waals surface area contributed by atoms with Gasteiger partial charge in [-0.05, 0) is 38.0 Å². The number of hydrogen-bond acceptors (Lipinski definition) is 3. The van der Waals surface area contributed by atoms with Crippen LogP contribution in [0.5, 0.6) is 0 Å². The van der Waals surface area contributed by atoms with Crippen LogP contribution in [-0.4, -0.2) is 45.4 Å². The van der Waals surface area contributed by atoms with Gasteiger partial charge in [-0.15, -0.1) is 0 Å². The number of aryl methyl sites for hydroxylation is 3. The summed E-state index contributed by atoms with van der Waals surface area (Å²) in [6.45, 7) is 7.43. The molecular weight excluding hydrogens is 352 g/mol. The van der Waals surface area contributed by atoms with Crippen molar-refractivity contribution in [1.82, 2.24) is 14.5 Å². The molecular formula is C22H30N4O2. The van der Waals surface area contributed by atoms with Crippen molar-refractivity contribution in [2.75, 3.05) is 18.0 Å². The molecule has 1 atom stereocenters. The molecule has 1 aliphatic rings.